The number of carbonyl (C=O) groups excluding carboxylic acids is 1. The molecule has 0 radical (unpaired) electrons. The highest BCUT2D eigenvalue weighted by molar-refractivity contribution is 5.81. The molecule has 86 valence electrons. The molecule has 2 atom stereocenters. The standard InChI is InChI=1S/C12H21NO2/c1-12(2)6-5-9(8-12)13-11(14)10-4-3-7-15-10/h9-10H,3-8H2,1-2H3,(H,13,14)/t9?,10-/m1/s1. The summed E-state index contributed by atoms with van der Waals surface area (Å²) in [4.78, 5) is 11.8. The second-order valence-corrected chi connectivity index (χ2v) is 5.61. The van der Waals surface area contributed by atoms with Gasteiger partial charge in [0, 0.05) is 12.6 Å². The van der Waals surface area contributed by atoms with Crippen LogP contribution in [0.1, 0.15) is 46.0 Å². The molecule has 1 saturated heterocycles. The summed E-state index contributed by atoms with van der Waals surface area (Å²) in [7, 11) is 0. The molecule has 2 aliphatic rings. The molecule has 0 aromatic rings. The van der Waals surface area contributed by atoms with Gasteiger partial charge in [0.2, 0.25) is 5.91 Å². The van der Waals surface area contributed by atoms with E-state index in [1.165, 1.54) is 6.42 Å². The molecular weight excluding hydrogens is 190 g/mol. The lowest BCUT2D eigenvalue weighted by atomic mass is 9.92. The van der Waals surface area contributed by atoms with Gasteiger partial charge in [-0.3, -0.25) is 4.79 Å². The van der Waals surface area contributed by atoms with Gasteiger partial charge in [0.1, 0.15) is 6.10 Å². The Hall–Kier alpha value is -0.570. The van der Waals surface area contributed by atoms with E-state index in [1.54, 1.807) is 0 Å². The lowest BCUT2D eigenvalue weighted by Gasteiger charge is -2.19. The summed E-state index contributed by atoms with van der Waals surface area (Å²) in [6, 6.07) is 0.372. The van der Waals surface area contributed by atoms with Crippen molar-refractivity contribution in [2.45, 2.75) is 58.1 Å². The molecule has 0 spiro atoms. The van der Waals surface area contributed by atoms with Gasteiger partial charge in [-0.2, -0.15) is 0 Å². The highest BCUT2D eigenvalue weighted by Gasteiger charge is 2.33. The van der Waals surface area contributed by atoms with E-state index in [0.717, 1.165) is 32.3 Å². The van der Waals surface area contributed by atoms with Crippen LogP contribution in [0.3, 0.4) is 0 Å². The van der Waals surface area contributed by atoms with Crippen LogP contribution in [-0.2, 0) is 9.53 Å². The SMILES string of the molecule is CC1(C)CCC(NC(=O)[C@H]2CCCO2)C1. The average Bonchev–Trinajstić information content (AvgIpc) is 2.74. The minimum atomic E-state index is -0.172. The van der Waals surface area contributed by atoms with Crippen LogP contribution < -0.4 is 5.32 Å². The Morgan fingerprint density at radius 3 is 2.73 bits per heavy atom. The van der Waals surface area contributed by atoms with Gasteiger partial charge >= 0.3 is 0 Å². The maximum Gasteiger partial charge on any atom is 0.249 e. The molecular formula is C12H21NO2. The van der Waals surface area contributed by atoms with Gasteiger partial charge in [-0.1, -0.05) is 13.8 Å². The third kappa shape index (κ3) is 2.71. The molecule has 1 unspecified atom stereocenters. The van der Waals surface area contributed by atoms with Crippen LogP contribution in [0.25, 0.3) is 0 Å². The molecule has 0 bridgehead atoms. The number of hydrogen-bond donors (Lipinski definition) is 1. The van der Waals surface area contributed by atoms with Gasteiger partial charge in [-0.05, 0) is 37.5 Å². The van der Waals surface area contributed by atoms with E-state index in [9.17, 15) is 4.79 Å². The van der Waals surface area contributed by atoms with Crippen LogP contribution >= 0.6 is 0 Å². The predicted octanol–water partition coefficient (Wildman–Crippen LogP) is 1.86. The first-order valence-corrected chi connectivity index (χ1v) is 5.99. The van der Waals surface area contributed by atoms with Gasteiger partial charge in [0.05, 0.1) is 0 Å². The zero-order chi connectivity index (χ0) is 10.9. The predicted molar refractivity (Wildman–Crippen MR) is 58.5 cm³/mol. The molecule has 0 aromatic carbocycles. The maximum atomic E-state index is 11.8. The van der Waals surface area contributed by atoms with Crippen LogP contribution in [0.5, 0.6) is 0 Å². The van der Waals surface area contributed by atoms with Gasteiger partial charge in [-0.15, -0.1) is 0 Å². The van der Waals surface area contributed by atoms with Crippen molar-refractivity contribution in [3.8, 4) is 0 Å². The van der Waals surface area contributed by atoms with Crippen molar-refractivity contribution < 1.29 is 9.53 Å². The normalized spacial score (nSPS) is 34.3. The summed E-state index contributed by atoms with van der Waals surface area (Å²) in [6.07, 6.45) is 5.17. The van der Waals surface area contributed by atoms with E-state index in [4.69, 9.17) is 4.74 Å². The number of ether oxygens (including phenoxy) is 1. The van der Waals surface area contributed by atoms with E-state index < -0.39 is 0 Å². The molecule has 15 heavy (non-hydrogen) atoms. The molecule has 1 aliphatic carbocycles. The van der Waals surface area contributed by atoms with Crippen LogP contribution in [-0.4, -0.2) is 24.7 Å². The van der Waals surface area contributed by atoms with E-state index in [1.807, 2.05) is 0 Å². The van der Waals surface area contributed by atoms with E-state index in [0.29, 0.717) is 11.5 Å². The summed E-state index contributed by atoms with van der Waals surface area (Å²) in [6.45, 7) is 5.28. The first-order chi connectivity index (χ1) is 7.07. The third-order valence-electron chi connectivity index (χ3n) is 3.54. The Kier molecular flexibility index (Phi) is 3.01. The summed E-state index contributed by atoms with van der Waals surface area (Å²) in [5.74, 6) is 0.107. The minimum absolute atomic E-state index is 0.107. The molecule has 2 rings (SSSR count). The summed E-state index contributed by atoms with van der Waals surface area (Å²) in [5, 5.41) is 3.11. The highest BCUT2D eigenvalue weighted by atomic mass is 16.5. The monoisotopic (exact) mass is 211 g/mol. The number of nitrogens with one attached hydrogen (secondary N) is 1. The molecule has 1 saturated carbocycles. The zero-order valence-corrected chi connectivity index (χ0v) is 9.71. The number of hydrogen-bond acceptors (Lipinski definition) is 2. The molecule has 1 N–H and O–H groups in total. The van der Waals surface area contributed by atoms with Crippen molar-refractivity contribution in [2.75, 3.05) is 6.61 Å². The molecule has 0 aromatic heterocycles. The van der Waals surface area contributed by atoms with Crippen molar-refractivity contribution in [3.63, 3.8) is 0 Å². The zero-order valence-electron chi connectivity index (χ0n) is 9.71. The van der Waals surface area contributed by atoms with Crippen molar-refractivity contribution in [1.29, 1.82) is 0 Å². The Morgan fingerprint density at radius 2 is 2.20 bits per heavy atom. The molecule has 2 fully saturated rings. The average molecular weight is 211 g/mol. The number of amides is 1. The van der Waals surface area contributed by atoms with Crippen molar-refractivity contribution in [1.82, 2.24) is 5.32 Å². The lowest BCUT2D eigenvalue weighted by molar-refractivity contribution is -0.130. The van der Waals surface area contributed by atoms with Crippen molar-refractivity contribution in [2.24, 2.45) is 5.41 Å². The van der Waals surface area contributed by atoms with E-state index in [2.05, 4.69) is 19.2 Å². The summed E-state index contributed by atoms with van der Waals surface area (Å²) >= 11 is 0. The van der Waals surface area contributed by atoms with Gasteiger partial charge in [-0.25, -0.2) is 0 Å². The van der Waals surface area contributed by atoms with Crippen molar-refractivity contribution >= 4 is 5.91 Å². The van der Waals surface area contributed by atoms with Crippen LogP contribution in [0.15, 0.2) is 0 Å². The Balaban J connectivity index is 1.79. The molecule has 3 heteroatoms. The fraction of sp³-hybridized carbons (Fsp3) is 0.917. The van der Waals surface area contributed by atoms with Crippen LogP contribution in [0.2, 0.25) is 0 Å². The molecule has 3 nitrogen and oxygen atoms in total. The number of carbonyl (C=O) groups is 1. The van der Waals surface area contributed by atoms with E-state index >= 15 is 0 Å². The fourth-order valence-electron chi connectivity index (χ4n) is 2.64. The summed E-state index contributed by atoms with van der Waals surface area (Å²) in [5.41, 5.74) is 0.397. The minimum Gasteiger partial charge on any atom is -0.368 e. The van der Waals surface area contributed by atoms with Crippen LogP contribution in [0.4, 0.5) is 0 Å². The van der Waals surface area contributed by atoms with Gasteiger partial charge in [0.25, 0.3) is 0 Å². The third-order valence-corrected chi connectivity index (χ3v) is 3.54. The molecule has 1 heterocycles. The largest absolute Gasteiger partial charge is 0.368 e. The first kappa shape index (κ1) is 10.9. The Bertz CT molecular complexity index is 244. The second kappa shape index (κ2) is 4.12. The van der Waals surface area contributed by atoms with Crippen LogP contribution in [0, 0.1) is 5.41 Å². The smallest absolute Gasteiger partial charge is 0.249 e. The fourth-order valence-corrected chi connectivity index (χ4v) is 2.64. The Morgan fingerprint density at radius 1 is 1.40 bits per heavy atom. The second-order valence-electron chi connectivity index (χ2n) is 5.61. The quantitative estimate of drug-likeness (QED) is 0.757. The van der Waals surface area contributed by atoms with Crippen molar-refractivity contribution in [3.05, 3.63) is 0 Å². The first-order valence-electron chi connectivity index (χ1n) is 5.99. The molecule has 1 amide bonds. The summed E-state index contributed by atoms with van der Waals surface area (Å²) < 4.78 is 5.36. The maximum absolute atomic E-state index is 11.8. The Labute approximate surface area is 91.6 Å². The number of rotatable bonds is 2. The lowest BCUT2D eigenvalue weighted by Crippen LogP contribution is -2.40. The molecule has 1 aliphatic heterocycles. The van der Waals surface area contributed by atoms with E-state index in [-0.39, 0.29) is 12.0 Å². The topological polar surface area (TPSA) is 38.3 Å². The highest BCUT2D eigenvalue weighted by Crippen LogP contribution is 2.36. The van der Waals surface area contributed by atoms with Gasteiger partial charge < -0.3 is 10.1 Å². The van der Waals surface area contributed by atoms with Gasteiger partial charge in [0.15, 0.2) is 0 Å².